The van der Waals surface area contributed by atoms with Crippen molar-refractivity contribution in [2.24, 2.45) is 0 Å². The van der Waals surface area contributed by atoms with E-state index >= 15 is 0 Å². The summed E-state index contributed by atoms with van der Waals surface area (Å²) in [4.78, 5) is 2.36. The highest BCUT2D eigenvalue weighted by molar-refractivity contribution is 5.53. The average molecular weight is 240 g/mol. The molecule has 1 aromatic rings. The quantitative estimate of drug-likeness (QED) is 0.600. The molecule has 2 heterocycles. The number of hydrogen-bond acceptors (Lipinski definition) is 2. The van der Waals surface area contributed by atoms with Crippen molar-refractivity contribution >= 4 is 5.70 Å². The zero-order chi connectivity index (χ0) is 12.8. The number of likely N-dealkylation sites (tertiary alicyclic amines) is 1. The molecule has 0 spiro atoms. The molecule has 0 unspecified atom stereocenters. The summed E-state index contributed by atoms with van der Waals surface area (Å²) in [6, 6.07) is 8.03. The summed E-state index contributed by atoms with van der Waals surface area (Å²) in [6.45, 7) is 4.34. The average Bonchev–Trinajstić information content (AvgIpc) is 2.88. The molecule has 0 saturated carbocycles. The van der Waals surface area contributed by atoms with Crippen LogP contribution in [0.5, 0.6) is 0 Å². The maximum atomic E-state index is 9.19. The molecule has 1 aliphatic heterocycles. The molecule has 3 heteroatoms. The molecule has 1 fully saturated rings. The minimum Gasteiger partial charge on any atom is -0.375 e. The van der Waals surface area contributed by atoms with Gasteiger partial charge in [0.15, 0.2) is 18.5 Å². The molecule has 0 atom stereocenters. The number of rotatable bonds is 3. The van der Waals surface area contributed by atoms with E-state index in [-0.39, 0.29) is 0 Å². The summed E-state index contributed by atoms with van der Waals surface area (Å²) >= 11 is 0. The van der Waals surface area contributed by atoms with Gasteiger partial charge in [-0.3, -0.25) is 0 Å². The number of nitriles is 1. The van der Waals surface area contributed by atoms with Gasteiger partial charge < -0.3 is 4.90 Å². The molecule has 0 aromatic carbocycles. The van der Waals surface area contributed by atoms with Crippen LogP contribution >= 0.6 is 0 Å². The fraction of sp³-hybridized carbons (Fsp3) is 0.333. The molecule has 1 aliphatic rings. The Morgan fingerprint density at radius 3 is 2.89 bits per heavy atom. The lowest BCUT2D eigenvalue weighted by atomic mass is 10.2. The van der Waals surface area contributed by atoms with Crippen LogP contribution < -0.4 is 4.57 Å². The van der Waals surface area contributed by atoms with Crippen molar-refractivity contribution in [2.45, 2.75) is 19.8 Å². The second-order valence-corrected chi connectivity index (χ2v) is 4.29. The van der Waals surface area contributed by atoms with E-state index < -0.39 is 0 Å². The van der Waals surface area contributed by atoms with Crippen LogP contribution in [0.1, 0.15) is 19.8 Å². The van der Waals surface area contributed by atoms with Gasteiger partial charge in [0.25, 0.3) is 5.70 Å². The number of hydrogen-bond donors (Lipinski definition) is 0. The van der Waals surface area contributed by atoms with Crippen molar-refractivity contribution in [3.8, 4) is 6.07 Å². The molecule has 0 radical (unpaired) electrons. The first-order valence-corrected chi connectivity index (χ1v) is 6.37. The van der Waals surface area contributed by atoms with Crippen molar-refractivity contribution in [1.82, 2.24) is 4.90 Å². The second-order valence-electron chi connectivity index (χ2n) is 4.29. The Hall–Kier alpha value is -2.08. The van der Waals surface area contributed by atoms with Gasteiger partial charge in [-0.05, 0) is 25.8 Å². The molecule has 0 N–H and O–H groups in total. The highest BCUT2D eigenvalue weighted by atomic mass is 15.1. The van der Waals surface area contributed by atoms with E-state index in [0.717, 1.165) is 19.5 Å². The summed E-state index contributed by atoms with van der Waals surface area (Å²) in [6.07, 6.45) is 10.1. The first-order valence-electron chi connectivity index (χ1n) is 6.37. The largest absolute Gasteiger partial charge is 0.375 e. The molecule has 18 heavy (non-hydrogen) atoms. The van der Waals surface area contributed by atoms with Gasteiger partial charge in [0.2, 0.25) is 0 Å². The van der Waals surface area contributed by atoms with Crippen LogP contribution in [0.4, 0.5) is 0 Å². The lowest BCUT2D eigenvalue weighted by Crippen LogP contribution is -2.30. The maximum Gasteiger partial charge on any atom is 0.288 e. The Labute approximate surface area is 108 Å². The van der Waals surface area contributed by atoms with Crippen molar-refractivity contribution in [2.75, 3.05) is 13.1 Å². The van der Waals surface area contributed by atoms with Gasteiger partial charge >= 0.3 is 0 Å². The SMILES string of the molecule is CCN1CCCC1=CC=C(C#N)[n+]1ccccc1. The highest BCUT2D eigenvalue weighted by Gasteiger charge is 2.14. The summed E-state index contributed by atoms with van der Waals surface area (Å²) in [7, 11) is 0. The molecule has 0 bridgehead atoms. The Balaban J connectivity index is 2.22. The predicted molar refractivity (Wildman–Crippen MR) is 71.1 cm³/mol. The third-order valence-corrected chi connectivity index (χ3v) is 3.19. The van der Waals surface area contributed by atoms with Crippen LogP contribution in [-0.4, -0.2) is 18.0 Å². The molecule has 0 amide bonds. The standard InChI is InChI=1S/C15H18N3/c1-2-17-12-6-7-14(17)8-9-15(13-16)18-10-4-3-5-11-18/h3-5,8-11H,2,6-7,12H2,1H3/q+1. The van der Waals surface area contributed by atoms with Crippen LogP contribution in [-0.2, 0) is 0 Å². The smallest absolute Gasteiger partial charge is 0.288 e. The van der Waals surface area contributed by atoms with Gasteiger partial charge in [-0.25, -0.2) is 0 Å². The highest BCUT2D eigenvalue weighted by Crippen LogP contribution is 2.20. The van der Waals surface area contributed by atoms with Gasteiger partial charge in [0.1, 0.15) is 0 Å². The van der Waals surface area contributed by atoms with Gasteiger partial charge in [-0.15, -0.1) is 0 Å². The van der Waals surface area contributed by atoms with Gasteiger partial charge in [-0.2, -0.15) is 9.83 Å². The van der Waals surface area contributed by atoms with Gasteiger partial charge in [-0.1, -0.05) is 6.07 Å². The maximum absolute atomic E-state index is 9.19. The van der Waals surface area contributed by atoms with E-state index in [2.05, 4.69) is 24.0 Å². The zero-order valence-electron chi connectivity index (χ0n) is 10.7. The zero-order valence-corrected chi connectivity index (χ0v) is 10.7. The Kier molecular flexibility index (Phi) is 4.14. The summed E-state index contributed by atoms with van der Waals surface area (Å²) < 4.78 is 1.84. The third-order valence-electron chi connectivity index (χ3n) is 3.19. The van der Waals surface area contributed by atoms with Crippen LogP contribution in [0.2, 0.25) is 0 Å². The predicted octanol–water partition coefficient (Wildman–Crippen LogP) is 2.34. The lowest BCUT2D eigenvalue weighted by Gasteiger charge is -2.16. The van der Waals surface area contributed by atoms with E-state index in [4.69, 9.17) is 0 Å². The van der Waals surface area contributed by atoms with Gasteiger partial charge in [0, 0.05) is 37.0 Å². The minimum absolute atomic E-state index is 0.644. The van der Waals surface area contributed by atoms with Crippen LogP contribution in [0.15, 0.2) is 48.4 Å². The van der Waals surface area contributed by atoms with E-state index in [9.17, 15) is 5.26 Å². The van der Waals surface area contributed by atoms with Crippen molar-refractivity contribution in [3.05, 3.63) is 48.4 Å². The van der Waals surface area contributed by atoms with Crippen molar-refractivity contribution in [1.29, 1.82) is 5.26 Å². The molecular formula is C15H18N3+. The normalized spacial score (nSPS) is 18.1. The summed E-state index contributed by atoms with van der Waals surface area (Å²) in [5, 5.41) is 9.19. The topological polar surface area (TPSA) is 30.9 Å². The van der Waals surface area contributed by atoms with Crippen LogP contribution in [0.3, 0.4) is 0 Å². The van der Waals surface area contributed by atoms with E-state index in [0.29, 0.717) is 5.70 Å². The Morgan fingerprint density at radius 2 is 2.22 bits per heavy atom. The molecular weight excluding hydrogens is 222 g/mol. The van der Waals surface area contributed by atoms with Gasteiger partial charge in [0.05, 0.1) is 0 Å². The van der Waals surface area contributed by atoms with Crippen molar-refractivity contribution < 1.29 is 4.57 Å². The van der Waals surface area contributed by atoms with Crippen LogP contribution in [0, 0.1) is 11.3 Å². The number of aromatic nitrogens is 1. The molecule has 3 nitrogen and oxygen atoms in total. The molecule has 92 valence electrons. The monoisotopic (exact) mass is 240 g/mol. The lowest BCUT2D eigenvalue weighted by molar-refractivity contribution is -0.577. The number of pyridine rings is 1. The fourth-order valence-corrected chi connectivity index (χ4v) is 2.22. The molecule has 0 aliphatic carbocycles. The second kappa shape index (κ2) is 6.02. The summed E-state index contributed by atoms with van der Waals surface area (Å²) in [5.74, 6) is 0. The third kappa shape index (κ3) is 2.78. The number of allylic oxidation sites excluding steroid dienone is 4. The number of nitrogens with zero attached hydrogens (tertiary/aromatic N) is 3. The molecule has 1 saturated heterocycles. The first kappa shape index (κ1) is 12.4. The first-order chi connectivity index (χ1) is 8.85. The van der Waals surface area contributed by atoms with E-state index in [1.54, 1.807) is 0 Å². The van der Waals surface area contributed by atoms with Crippen LogP contribution in [0.25, 0.3) is 5.70 Å². The van der Waals surface area contributed by atoms with Crippen molar-refractivity contribution in [3.63, 3.8) is 0 Å². The molecule has 1 aromatic heterocycles. The minimum atomic E-state index is 0.644. The molecule has 2 rings (SSSR count). The van der Waals surface area contributed by atoms with E-state index in [1.165, 1.54) is 12.1 Å². The Bertz CT molecular complexity index is 494. The van der Waals surface area contributed by atoms with E-state index in [1.807, 2.05) is 41.2 Å². The Morgan fingerprint density at radius 1 is 1.44 bits per heavy atom. The summed E-state index contributed by atoms with van der Waals surface area (Å²) in [5.41, 5.74) is 1.98. The fourth-order valence-electron chi connectivity index (χ4n) is 2.22.